The van der Waals surface area contributed by atoms with Crippen LogP contribution < -0.4 is 5.14 Å². The Labute approximate surface area is 174 Å². The molecule has 1 unspecified atom stereocenters. The van der Waals surface area contributed by atoms with Crippen molar-refractivity contribution in [1.82, 2.24) is 9.88 Å². The normalized spacial score (nSPS) is 17.6. The molecule has 0 saturated carbocycles. The SMILES string of the molecule is Cc1cc(C(=O)N2CCCC(c3nc4ccccc4s3)C2)cc(S(N)(=O)=O)c1C. The highest BCUT2D eigenvalue weighted by Gasteiger charge is 2.28. The van der Waals surface area contributed by atoms with Gasteiger partial charge in [-0.1, -0.05) is 12.1 Å². The Morgan fingerprint density at radius 2 is 2.00 bits per heavy atom. The first-order chi connectivity index (χ1) is 13.7. The van der Waals surface area contributed by atoms with Gasteiger partial charge in [-0.3, -0.25) is 4.79 Å². The van der Waals surface area contributed by atoms with E-state index < -0.39 is 10.0 Å². The largest absolute Gasteiger partial charge is 0.338 e. The third-order valence-electron chi connectivity index (χ3n) is 5.54. The Kier molecular flexibility index (Phi) is 5.18. The molecular weight excluding hydrogens is 406 g/mol. The van der Waals surface area contributed by atoms with Crippen molar-refractivity contribution >= 4 is 37.5 Å². The average molecular weight is 430 g/mol. The number of amides is 1. The monoisotopic (exact) mass is 429 g/mol. The number of carbonyl (C=O) groups excluding carboxylic acids is 1. The lowest BCUT2D eigenvalue weighted by atomic mass is 9.97. The predicted molar refractivity (Wildman–Crippen MR) is 115 cm³/mol. The van der Waals surface area contributed by atoms with E-state index in [0.29, 0.717) is 24.2 Å². The summed E-state index contributed by atoms with van der Waals surface area (Å²) in [6, 6.07) is 11.2. The minimum atomic E-state index is -3.89. The number of nitrogens with two attached hydrogens (primary N) is 1. The number of para-hydroxylation sites is 1. The second-order valence-electron chi connectivity index (χ2n) is 7.57. The van der Waals surface area contributed by atoms with Gasteiger partial charge in [0.15, 0.2) is 0 Å². The van der Waals surface area contributed by atoms with Gasteiger partial charge in [-0.15, -0.1) is 11.3 Å². The minimum absolute atomic E-state index is 0.0144. The van der Waals surface area contributed by atoms with Crippen molar-refractivity contribution in [2.24, 2.45) is 5.14 Å². The Balaban J connectivity index is 1.61. The molecule has 1 aromatic heterocycles. The van der Waals surface area contributed by atoms with Crippen LogP contribution in [0.25, 0.3) is 10.2 Å². The number of aromatic nitrogens is 1. The molecule has 2 aromatic carbocycles. The minimum Gasteiger partial charge on any atom is -0.338 e. The Morgan fingerprint density at radius 1 is 1.24 bits per heavy atom. The summed E-state index contributed by atoms with van der Waals surface area (Å²) < 4.78 is 25.0. The van der Waals surface area contributed by atoms with E-state index in [9.17, 15) is 13.2 Å². The van der Waals surface area contributed by atoms with Gasteiger partial charge in [0.25, 0.3) is 5.91 Å². The molecule has 0 spiro atoms. The van der Waals surface area contributed by atoms with Gasteiger partial charge in [0.05, 0.1) is 20.1 Å². The van der Waals surface area contributed by atoms with Crippen LogP contribution in [0.15, 0.2) is 41.3 Å². The molecular formula is C21H23N3O3S2. The van der Waals surface area contributed by atoms with Gasteiger partial charge in [0, 0.05) is 24.6 Å². The zero-order valence-electron chi connectivity index (χ0n) is 16.4. The van der Waals surface area contributed by atoms with Gasteiger partial charge in [-0.2, -0.15) is 0 Å². The van der Waals surface area contributed by atoms with Crippen LogP contribution in [-0.4, -0.2) is 37.3 Å². The van der Waals surface area contributed by atoms with Gasteiger partial charge >= 0.3 is 0 Å². The number of thiazole rings is 1. The fourth-order valence-electron chi connectivity index (χ4n) is 3.86. The second kappa shape index (κ2) is 7.51. The standard InChI is InChI=1S/C21H23N3O3S2/c1-13-10-16(11-19(14(13)2)29(22,26)27)21(25)24-9-5-6-15(12-24)20-23-17-7-3-4-8-18(17)28-20/h3-4,7-8,10-11,15H,5-6,9,12H2,1-2H3,(H2,22,26,27). The highest BCUT2D eigenvalue weighted by Crippen LogP contribution is 2.33. The summed E-state index contributed by atoms with van der Waals surface area (Å²) in [4.78, 5) is 19.7. The lowest BCUT2D eigenvalue weighted by Gasteiger charge is -2.32. The zero-order valence-corrected chi connectivity index (χ0v) is 18.0. The van der Waals surface area contributed by atoms with Crippen molar-refractivity contribution in [2.75, 3.05) is 13.1 Å². The number of benzene rings is 2. The van der Waals surface area contributed by atoms with Gasteiger partial charge < -0.3 is 4.90 Å². The van der Waals surface area contributed by atoms with E-state index >= 15 is 0 Å². The molecule has 0 aliphatic carbocycles. The molecule has 1 fully saturated rings. The number of hydrogen-bond donors (Lipinski definition) is 1. The van der Waals surface area contributed by atoms with E-state index in [2.05, 4.69) is 6.07 Å². The summed E-state index contributed by atoms with van der Waals surface area (Å²) in [5, 5.41) is 6.40. The Bertz CT molecular complexity index is 1170. The summed E-state index contributed by atoms with van der Waals surface area (Å²) in [5.41, 5.74) is 2.67. The molecule has 8 heteroatoms. The Morgan fingerprint density at radius 3 is 2.72 bits per heavy atom. The van der Waals surface area contributed by atoms with Crippen molar-refractivity contribution in [3.63, 3.8) is 0 Å². The molecule has 6 nitrogen and oxygen atoms in total. The molecule has 1 saturated heterocycles. The third kappa shape index (κ3) is 3.92. The van der Waals surface area contributed by atoms with Crippen molar-refractivity contribution in [3.8, 4) is 0 Å². The molecule has 0 radical (unpaired) electrons. The number of aryl methyl sites for hydroxylation is 1. The van der Waals surface area contributed by atoms with Crippen LogP contribution in [-0.2, 0) is 10.0 Å². The first kappa shape index (κ1) is 20.0. The van der Waals surface area contributed by atoms with Gasteiger partial charge in [-0.05, 0) is 62.1 Å². The zero-order chi connectivity index (χ0) is 20.8. The molecule has 4 rings (SSSR count). The highest BCUT2D eigenvalue weighted by molar-refractivity contribution is 7.89. The molecule has 2 heterocycles. The molecule has 3 aromatic rings. The van der Waals surface area contributed by atoms with Crippen LogP contribution in [0.5, 0.6) is 0 Å². The maximum absolute atomic E-state index is 13.2. The van der Waals surface area contributed by atoms with Crippen LogP contribution in [0.4, 0.5) is 0 Å². The summed E-state index contributed by atoms with van der Waals surface area (Å²) >= 11 is 1.68. The van der Waals surface area contributed by atoms with Crippen LogP contribution in [0.2, 0.25) is 0 Å². The summed E-state index contributed by atoms with van der Waals surface area (Å²) in [6.45, 7) is 4.72. The second-order valence-corrected chi connectivity index (χ2v) is 10.2. The maximum Gasteiger partial charge on any atom is 0.253 e. The smallest absolute Gasteiger partial charge is 0.253 e. The van der Waals surface area contributed by atoms with Crippen LogP contribution in [0.3, 0.4) is 0 Å². The fraction of sp³-hybridized carbons (Fsp3) is 0.333. The fourth-order valence-corrected chi connectivity index (χ4v) is 5.83. The highest BCUT2D eigenvalue weighted by atomic mass is 32.2. The molecule has 1 aliphatic heterocycles. The van der Waals surface area contributed by atoms with Gasteiger partial charge in [0.1, 0.15) is 0 Å². The average Bonchev–Trinajstić information content (AvgIpc) is 3.13. The predicted octanol–water partition coefficient (Wildman–Crippen LogP) is 3.58. The number of likely N-dealkylation sites (tertiary alicyclic amines) is 1. The van der Waals surface area contributed by atoms with Gasteiger partial charge in [0.2, 0.25) is 10.0 Å². The Hall–Kier alpha value is -2.29. The number of sulfonamides is 1. The van der Waals surface area contributed by atoms with Crippen molar-refractivity contribution in [1.29, 1.82) is 0 Å². The van der Waals surface area contributed by atoms with Crippen molar-refractivity contribution < 1.29 is 13.2 Å². The molecule has 1 aliphatic rings. The molecule has 1 amide bonds. The molecule has 0 bridgehead atoms. The lowest BCUT2D eigenvalue weighted by Crippen LogP contribution is -2.39. The van der Waals surface area contributed by atoms with E-state index in [4.69, 9.17) is 10.1 Å². The van der Waals surface area contributed by atoms with E-state index in [0.717, 1.165) is 33.6 Å². The van der Waals surface area contributed by atoms with Crippen molar-refractivity contribution in [2.45, 2.75) is 37.5 Å². The number of nitrogens with zero attached hydrogens (tertiary/aromatic N) is 2. The quantitative estimate of drug-likeness (QED) is 0.689. The topological polar surface area (TPSA) is 93.4 Å². The number of primary sulfonamides is 1. The lowest BCUT2D eigenvalue weighted by molar-refractivity contribution is 0.0706. The number of hydrogen-bond acceptors (Lipinski definition) is 5. The summed E-state index contributed by atoms with van der Waals surface area (Å²) in [7, 11) is -3.89. The van der Waals surface area contributed by atoms with Gasteiger partial charge in [-0.25, -0.2) is 18.5 Å². The van der Waals surface area contributed by atoms with Crippen LogP contribution in [0.1, 0.15) is 45.3 Å². The number of piperidine rings is 1. The summed E-state index contributed by atoms with van der Waals surface area (Å²) in [5.74, 6) is 0.0261. The molecule has 2 N–H and O–H groups in total. The molecule has 29 heavy (non-hydrogen) atoms. The first-order valence-corrected chi connectivity index (χ1v) is 11.9. The number of carbonyl (C=O) groups is 1. The van der Waals surface area contributed by atoms with Crippen LogP contribution in [0, 0.1) is 13.8 Å². The number of rotatable bonds is 3. The first-order valence-electron chi connectivity index (χ1n) is 9.53. The van der Waals surface area contributed by atoms with Crippen LogP contribution >= 0.6 is 11.3 Å². The van der Waals surface area contributed by atoms with E-state index in [1.165, 1.54) is 6.07 Å². The van der Waals surface area contributed by atoms with E-state index in [-0.39, 0.29) is 16.7 Å². The third-order valence-corrected chi connectivity index (χ3v) is 7.78. The molecule has 152 valence electrons. The summed E-state index contributed by atoms with van der Waals surface area (Å²) in [6.07, 6.45) is 1.87. The maximum atomic E-state index is 13.2. The molecule has 1 atom stereocenters. The van der Waals surface area contributed by atoms with E-state index in [1.807, 2.05) is 18.2 Å². The number of fused-ring (bicyclic) bond motifs is 1. The van der Waals surface area contributed by atoms with Crippen molar-refractivity contribution in [3.05, 3.63) is 58.1 Å². The van der Waals surface area contributed by atoms with E-state index in [1.54, 1.807) is 36.2 Å².